The number of aromatic hydroxyl groups is 1. The predicted octanol–water partition coefficient (Wildman–Crippen LogP) is -0.636. The molecule has 0 spiro atoms. The SMILES string of the molecule is O=CNCC(=O)NC(C=O)Cc1ccc(O)cc1. The maximum atomic E-state index is 11.3. The number of phenols is 1. The molecule has 1 aromatic rings. The first-order valence-electron chi connectivity index (χ1n) is 5.35. The fourth-order valence-electron chi connectivity index (χ4n) is 1.41. The van der Waals surface area contributed by atoms with Gasteiger partial charge in [-0.3, -0.25) is 9.59 Å². The van der Waals surface area contributed by atoms with E-state index in [1.54, 1.807) is 12.1 Å². The highest BCUT2D eigenvalue weighted by atomic mass is 16.3. The van der Waals surface area contributed by atoms with E-state index in [1.165, 1.54) is 12.1 Å². The Morgan fingerprint density at radius 2 is 1.94 bits per heavy atom. The summed E-state index contributed by atoms with van der Waals surface area (Å²) in [5, 5.41) is 13.8. The number of hydrogen-bond donors (Lipinski definition) is 3. The van der Waals surface area contributed by atoms with Crippen LogP contribution in [0.25, 0.3) is 0 Å². The van der Waals surface area contributed by atoms with E-state index in [9.17, 15) is 14.4 Å². The molecule has 96 valence electrons. The third kappa shape index (κ3) is 4.65. The largest absolute Gasteiger partial charge is 0.508 e. The Kier molecular flexibility index (Phi) is 5.37. The average Bonchev–Trinajstić information content (AvgIpc) is 2.38. The van der Waals surface area contributed by atoms with Crippen LogP contribution in [0.4, 0.5) is 0 Å². The van der Waals surface area contributed by atoms with Crippen molar-refractivity contribution in [2.24, 2.45) is 0 Å². The van der Waals surface area contributed by atoms with Gasteiger partial charge < -0.3 is 20.5 Å². The summed E-state index contributed by atoms with van der Waals surface area (Å²) < 4.78 is 0. The Hall–Kier alpha value is -2.37. The van der Waals surface area contributed by atoms with Crippen LogP contribution in [0.2, 0.25) is 0 Å². The average molecular weight is 250 g/mol. The van der Waals surface area contributed by atoms with E-state index in [4.69, 9.17) is 5.11 Å². The minimum atomic E-state index is -0.657. The fourth-order valence-corrected chi connectivity index (χ4v) is 1.41. The smallest absolute Gasteiger partial charge is 0.239 e. The monoisotopic (exact) mass is 250 g/mol. The molecule has 0 aliphatic heterocycles. The van der Waals surface area contributed by atoms with Gasteiger partial charge in [0.05, 0.1) is 12.6 Å². The van der Waals surface area contributed by atoms with Gasteiger partial charge >= 0.3 is 0 Å². The van der Waals surface area contributed by atoms with Crippen molar-refractivity contribution in [3.05, 3.63) is 29.8 Å². The van der Waals surface area contributed by atoms with Gasteiger partial charge in [-0.05, 0) is 24.1 Å². The highest BCUT2D eigenvalue weighted by molar-refractivity contribution is 5.82. The predicted molar refractivity (Wildman–Crippen MR) is 63.9 cm³/mol. The van der Waals surface area contributed by atoms with Crippen LogP contribution < -0.4 is 10.6 Å². The third-order valence-corrected chi connectivity index (χ3v) is 2.25. The van der Waals surface area contributed by atoms with Crippen molar-refractivity contribution < 1.29 is 19.5 Å². The van der Waals surface area contributed by atoms with Crippen LogP contribution >= 0.6 is 0 Å². The lowest BCUT2D eigenvalue weighted by atomic mass is 10.1. The lowest BCUT2D eigenvalue weighted by Crippen LogP contribution is -2.42. The normalized spacial score (nSPS) is 11.3. The highest BCUT2D eigenvalue weighted by Gasteiger charge is 2.11. The molecule has 2 amide bonds. The number of rotatable bonds is 7. The molecule has 1 atom stereocenters. The summed E-state index contributed by atoms with van der Waals surface area (Å²) in [6.45, 7) is -0.163. The van der Waals surface area contributed by atoms with Crippen molar-refractivity contribution in [2.75, 3.05) is 6.54 Å². The standard InChI is InChI=1S/C12H14N2O4/c15-7-10(14-12(18)6-13-8-16)5-9-1-3-11(17)4-2-9/h1-4,7-8,10,17H,5-6H2,(H,13,16)(H,14,18). The van der Waals surface area contributed by atoms with Gasteiger partial charge in [-0.1, -0.05) is 12.1 Å². The van der Waals surface area contributed by atoms with Crippen LogP contribution in [0.1, 0.15) is 5.56 Å². The van der Waals surface area contributed by atoms with Crippen molar-refractivity contribution in [2.45, 2.75) is 12.5 Å². The van der Waals surface area contributed by atoms with E-state index in [0.29, 0.717) is 19.1 Å². The van der Waals surface area contributed by atoms with Gasteiger partial charge in [-0.15, -0.1) is 0 Å². The molecule has 0 heterocycles. The van der Waals surface area contributed by atoms with Crippen LogP contribution in [-0.2, 0) is 20.8 Å². The van der Waals surface area contributed by atoms with Crippen molar-refractivity contribution in [1.29, 1.82) is 0 Å². The van der Waals surface area contributed by atoms with E-state index >= 15 is 0 Å². The number of nitrogens with one attached hydrogen (secondary N) is 2. The van der Waals surface area contributed by atoms with Crippen molar-refractivity contribution in [1.82, 2.24) is 10.6 Å². The van der Waals surface area contributed by atoms with Crippen LogP contribution in [0.3, 0.4) is 0 Å². The molecule has 0 radical (unpaired) electrons. The summed E-state index contributed by atoms with van der Waals surface area (Å²) in [6.07, 6.45) is 1.37. The van der Waals surface area contributed by atoms with E-state index in [2.05, 4.69) is 10.6 Å². The lowest BCUT2D eigenvalue weighted by Gasteiger charge is -2.12. The minimum absolute atomic E-state index is 0.139. The molecule has 0 saturated carbocycles. The Bertz CT molecular complexity index is 417. The molecule has 0 aliphatic carbocycles. The summed E-state index contributed by atoms with van der Waals surface area (Å²) in [4.78, 5) is 32.1. The van der Waals surface area contributed by atoms with Crippen LogP contribution in [0.15, 0.2) is 24.3 Å². The number of benzene rings is 1. The topological polar surface area (TPSA) is 95.5 Å². The van der Waals surface area contributed by atoms with Gasteiger partial charge in [0.15, 0.2) is 0 Å². The van der Waals surface area contributed by atoms with Crippen LogP contribution in [0.5, 0.6) is 5.75 Å². The summed E-state index contributed by atoms with van der Waals surface area (Å²) in [5.74, 6) is -0.293. The molecule has 0 aromatic heterocycles. The van der Waals surface area contributed by atoms with E-state index in [0.717, 1.165) is 5.56 Å². The molecule has 0 saturated heterocycles. The van der Waals surface area contributed by atoms with E-state index in [1.807, 2.05) is 0 Å². The molecular formula is C12H14N2O4. The third-order valence-electron chi connectivity index (χ3n) is 2.25. The molecule has 0 bridgehead atoms. The van der Waals surface area contributed by atoms with Crippen LogP contribution in [-0.4, -0.2) is 36.3 Å². The number of phenolic OH excluding ortho intramolecular Hbond substituents is 1. The second-order valence-corrected chi connectivity index (χ2v) is 3.68. The van der Waals surface area contributed by atoms with Gasteiger partial charge in [0.25, 0.3) is 0 Å². The summed E-state index contributed by atoms with van der Waals surface area (Å²) in [5.41, 5.74) is 0.813. The molecule has 6 nitrogen and oxygen atoms in total. The molecule has 18 heavy (non-hydrogen) atoms. The Balaban J connectivity index is 2.51. The molecule has 1 unspecified atom stereocenters. The minimum Gasteiger partial charge on any atom is -0.508 e. The van der Waals surface area contributed by atoms with Crippen molar-refractivity contribution >= 4 is 18.6 Å². The van der Waals surface area contributed by atoms with E-state index < -0.39 is 11.9 Å². The molecule has 3 N–H and O–H groups in total. The number of aldehydes is 1. The molecule has 6 heteroatoms. The first-order chi connectivity index (χ1) is 8.65. The fraction of sp³-hybridized carbons (Fsp3) is 0.250. The zero-order valence-corrected chi connectivity index (χ0v) is 9.63. The maximum Gasteiger partial charge on any atom is 0.239 e. The molecular weight excluding hydrogens is 236 g/mol. The van der Waals surface area contributed by atoms with Crippen molar-refractivity contribution in [3.8, 4) is 5.75 Å². The van der Waals surface area contributed by atoms with Gasteiger partial charge in [-0.2, -0.15) is 0 Å². The number of hydrogen-bond acceptors (Lipinski definition) is 4. The number of carbonyl (C=O) groups excluding carboxylic acids is 3. The maximum absolute atomic E-state index is 11.3. The highest BCUT2D eigenvalue weighted by Crippen LogP contribution is 2.10. The first-order valence-corrected chi connectivity index (χ1v) is 5.35. The molecule has 0 aliphatic rings. The van der Waals surface area contributed by atoms with Crippen molar-refractivity contribution in [3.63, 3.8) is 0 Å². The Morgan fingerprint density at radius 1 is 1.28 bits per heavy atom. The summed E-state index contributed by atoms with van der Waals surface area (Å²) in [6, 6.07) is 5.69. The Morgan fingerprint density at radius 3 is 2.50 bits per heavy atom. The quantitative estimate of drug-likeness (QED) is 0.561. The van der Waals surface area contributed by atoms with Gasteiger partial charge in [0, 0.05) is 0 Å². The number of carbonyl (C=O) groups is 3. The van der Waals surface area contributed by atoms with Gasteiger partial charge in [0.1, 0.15) is 12.0 Å². The zero-order valence-electron chi connectivity index (χ0n) is 9.63. The van der Waals surface area contributed by atoms with Gasteiger partial charge in [0.2, 0.25) is 12.3 Å². The molecule has 0 fully saturated rings. The lowest BCUT2D eigenvalue weighted by molar-refractivity contribution is -0.124. The molecule has 1 aromatic carbocycles. The second-order valence-electron chi connectivity index (χ2n) is 3.68. The first kappa shape index (κ1) is 13.7. The summed E-state index contributed by atoms with van der Waals surface area (Å²) >= 11 is 0. The van der Waals surface area contributed by atoms with Crippen LogP contribution in [0, 0.1) is 0 Å². The molecule has 1 rings (SSSR count). The zero-order chi connectivity index (χ0) is 13.4. The summed E-state index contributed by atoms with van der Waals surface area (Å²) in [7, 11) is 0. The second kappa shape index (κ2) is 7.05. The van der Waals surface area contributed by atoms with Gasteiger partial charge in [-0.25, -0.2) is 0 Å². The Labute approximate surface area is 104 Å². The number of amides is 2. The van der Waals surface area contributed by atoms with E-state index in [-0.39, 0.29) is 12.3 Å².